The molecule has 1 aromatic carbocycles. The molecule has 1 N–H and O–H groups in total. The van der Waals surface area contributed by atoms with Crippen LogP contribution in [0, 0.1) is 12.3 Å². The molecule has 0 aliphatic heterocycles. The van der Waals surface area contributed by atoms with Crippen LogP contribution in [0.4, 0.5) is 0 Å². The molecule has 130 valence electrons. The molecule has 0 aliphatic carbocycles. The van der Waals surface area contributed by atoms with Gasteiger partial charge in [-0.25, -0.2) is 4.79 Å². The van der Waals surface area contributed by atoms with Gasteiger partial charge in [0.2, 0.25) is 0 Å². The van der Waals surface area contributed by atoms with Crippen molar-refractivity contribution < 1.29 is 14.3 Å². The fourth-order valence-electron chi connectivity index (χ4n) is 2.51. The quantitative estimate of drug-likeness (QED) is 0.424. The average Bonchev–Trinajstić information content (AvgIpc) is 2.60. The average molecular weight is 329 g/mol. The standard InChI is InChI=1S/C20H27NO3/c1-5-7-8-9-10-11-15(3)21-19(22)17-12-16(6-2)13-18(14-17)20(23)24-4/h2,12-15H,5,7-11H2,1,3-4H3,(H,21,22)/t15-/m1/s1. The monoisotopic (exact) mass is 329 g/mol. The van der Waals surface area contributed by atoms with Crippen molar-refractivity contribution in [2.75, 3.05) is 7.11 Å². The minimum atomic E-state index is -0.509. The van der Waals surface area contributed by atoms with Crippen LogP contribution in [0.5, 0.6) is 0 Å². The molecule has 1 amide bonds. The molecule has 1 aromatic rings. The Morgan fingerprint density at radius 3 is 2.46 bits per heavy atom. The van der Waals surface area contributed by atoms with Crippen LogP contribution in [-0.4, -0.2) is 25.0 Å². The molecule has 0 fully saturated rings. The predicted molar refractivity (Wildman–Crippen MR) is 96.0 cm³/mol. The summed E-state index contributed by atoms with van der Waals surface area (Å²) in [5, 5.41) is 2.96. The lowest BCUT2D eigenvalue weighted by Gasteiger charge is -2.14. The third-order valence-corrected chi connectivity index (χ3v) is 3.90. The summed E-state index contributed by atoms with van der Waals surface area (Å²) < 4.78 is 4.70. The van der Waals surface area contributed by atoms with Crippen LogP contribution in [0.25, 0.3) is 0 Å². The van der Waals surface area contributed by atoms with Gasteiger partial charge in [-0.3, -0.25) is 4.79 Å². The fourth-order valence-corrected chi connectivity index (χ4v) is 2.51. The first kappa shape index (κ1) is 19.8. The molecule has 0 saturated carbocycles. The normalized spacial score (nSPS) is 11.4. The molecule has 0 heterocycles. The van der Waals surface area contributed by atoms with E-state index < -0.39 is 5.97 Å². The van der Waals surface area contributed by atoms with Crippen molar-refractivity contribution in [2.24, 2.45) is 0 Å². The predicted octanol–water partition coefficient (Wildman–Crippen LogP) is 3.93. The summed E-state index contributed by atoms with van der Waals surface area (Å²) in [5.74, 6) is 1.73. The summed E-state index contributed by atoms with van der Waals surface area (Å²) in [4.78, 5) is 24.1. The second-order valence-corrected chi connectivity index (χ2v) is 6.01. The first-order valence-corrected chi connectivity index (χ1v) is 8.52. The summed E-state index contributed by atoms with van der Waals surface area (Å²) >= 11 is 0. The topological polar surface area (TPSA) is 55.4 Å². The number of terminal acetylenes is 1. The zero-order chi connectivity index (χ0) is 17.9. The molecule has 4 nitrogen and oxygen atoms in total. The number of hydrogen-bond acceptors (Lipinski definition) is 3. The van der Waals surface area contributed by atoms with Gasteiger partial charge in [0.15, 0.2) is 0 Å². The molecular formula is C20H27NO3. The van der Waals surface area contributed by atoms with Crippen molar-refractivity contribution in [3.05, 3.63) is 34.9 Å². The molecule has 4 heteroatoms. The zero-order valence-corrected chi connectivity index (χ0v) is 14.9. The second-order valence-electron chi connectivity index (χ2n) is 6.01. The number of benzene rings is 1. The van der Waals surface area contributed by atoms with Crippen molar-refractivity contribution in [3.63, 3.8) is 0 Å². The minimum absolute atomic E-state index is 0.0789. The van der Waals surface area contributed by atoms with Crippen LogP contribution in [-0.2, 0) is 4.74 Å². The van der Waals surface area contributed by atoms with E-state index in [1.807, 2.05) is 6.92 Å². The lowest BCUT2D eigenvalue weighted by Crippen LogP contribution is -2.32. The molecule has 0 bridgehead atoms. The summed E-state index contributed by atoms with van der Waals surface area (Å²) in [5.41, 5.74) is 1.14. The van der Waals surface area contributed by atoms with Crippen LogP contribution < -0.4 is 5.32 Å². The maximum Gasteiger partial charge on any atom is 0.337 e. The zero-order valence-electron chi connectivity index (χ0n) is 14.9. The minimum Gasteiger partial charge on any atom is -0.465 e. The van der Waals surface area contributed by atoms with Gasteiger partial charge in [-0.15, -0.1) is 6.42 Å². The van der Waals surface area contributed by atoms with Gasteiger partial charge >= 0.3 is 5.97 Å². The molecule has 0 aliphatic rings. The number of esters is 1. The van der Waals surface area contributed by atoms with Crippen molar-refractivity contribution in [1.29, 1.82) is 0 Å². The number of methoxy groups -OCH3 is 1. The highest BCUT2D eigenvalue weighted by atomic mass is 16.5. The SMILES string of the molecule is C#Cc1cc(C(=O)N[C@H](C)CCCCCCC)cc(C(=O)OC)c1. The van der Waals surface area contributed by atoms with Crippen LogP contribution in [0.2, 0.25) is 0 Å². The number of ether oxygens (including phenoxy) is 1. The van der Waals surface area contributed by atoms with Gasteiger partial charge in [0, 0.05) is 17.2 Å². The van der Waals surface area contributed by atoms with E-state index in [-0.39, 0.29) is 17.5 Å². The van der Waals surface area contributed by atoms with Gasteiger partial charge in [0.05, 0.1) is 12.7 Å². The second kappa shape index (κ2) is 10.5. The van der Waals surface area contributed by atoms with Crippen LogP contribution in [0.3, 0.4) is 0 Å². The Bertz CT molecular complexity index is 601. The van der Waals surface area contributed by atoms with Crippen molar-refractivity contribution in [3.8, 4) is 12.3 Å². The van der Waals surface area contributed by atoms with E-state index in [1.165, 1.54) is 38.9 Å². The van der Waals surface area contributed by atoms with Gasteiger partial charge in [-0.2, -0.15) is 0 Å². The molecular weight excluding hydrogens is 302 g/mol. The van der Waals surface area contributed by atoms with Gasteiger partial charge in [-0.05, 0) is 31.5 Å². The number of amides is 1. The van der Waals surface area contributed by atoms with E-state index in [2.05, 4.69) is 18.2 Å². The van der Waals surface area contributed by atoms with E-state index >= 15 is 0 Å². The van der Waals surface area contributed by atoms with E-state index in [0.717, 1.165) is 12.8 Å². The molecule has 1 rings (SSSR count). The van der Waals surface area contributed by atoms with Crippen molar-refractivity contribution in [1.82, 2.24) is 5.32 Å². The Hall–Kier alpha value is -2.28. The third-order valence-electron chi connectivity index (χ3n) is 3.90. The van der Waals surface area contributed by atoms with Crippen LogP contribution >= 0.6 is 0 Å². The summed E-state index contributed by atoms with van der Waals surface area (Å²) in [6.45, 7) is 4.18. The number of carbonyl (C=O) groups excluding carboxylic acids is 2. The number of rotatable bonds is 9. The van der Waals surface area contributed by atoms with E-state index in [4.69, 9.17) is 11.2 Å². The lowest BCUT2D eigenvalue weighted by atomic mass is 10.0. The number of carbonyl (C=O) groups is 2. The first-order valence-electron chi connectivity index (χ1n) is 8.52. The third kappa shape index (κ3) is 6.45. The Morgan fingerprint density at radius 2 is 1.83 bits per heavy atom. The highest BCUT2D eigenvalue weighted by Crippen LogP contribution is 2.12. The van der Waals surface area contributed by atoms with Gasteiger partial charge in [0.1, 0.15) is 0 Å². The van der Waals surface area contributed by atoms with E-state index in [9.17, 15) is 9.59 Å². The molecule has 0 radical (unpaired) electrons. The number of hydrogen-bond donors (Lipinski definition) is 1. The maximum absolute atomic E-state index is 12.4. The van der Waals surface area contributed by atoms with Crippen LogP contribution in [0.15, 0.2) is 18.2 Å². The highest BCUT2D eigenvalue weighted by Gasteiger charge is 2.14. The highest BCUT2D eigenvalue weighted by molar-refractivity contribution is 5.98. The van der Waals surface area contributed by atoms with Gasteiger partial charge in [-0.1, -0.05) is 44.9 Å². The van der Waals surface area contributed by atoms with E-state index in [1.54, 1.807) is 12.1 Å². The van der Waals surface area contributed by atoms with Crippen molar-refractivity contribution >= 4 is 11.9 Å². The number of unbranched alkanes of at least 4 members (excludes halogenated alkanes) is 4. The molecule has 0 spiro atoms. The molecule has 1 atom stereocenters. The smallest absolute Gasteiger partial charge is 0.337 e. The summed E-state index contributed by atoms with van der Waals surface area (Å²) in [6.07, 6.45) is 12.3. The molecule has 0 saturated heterocycles. The van der Waals surface area contributed by atoms with Gasteiger partial charge in [0.25, 0.3) is 5.91 Å². The van der Waals surface area contributed by atoms with E-state index in [0.29, 0.717) is 11.1 Å². The van der Waals surface area contributed by atoms with Crippen molar-refractivity contribution in [2.45, 2.75) is 58.4 Å². The molecule has 24 heavy (non-hydrogen) atoms. The molecule has 0 aromatic heterocycles. The largest absolute Gasteiger partial charge is 0.465 e. The Kier molecular flexibility index (Phi) is 8.64. The summed E-state index contributed by atoms with van der Waals surface area (Å²) in [6, 6.07) is 4.74. The maximum atomic E-state index is 12.4. The molecule has 0 unspecified atom stereocenters. The fraction of sp³-hybridized carbons (Fsp3) is 0.500. The van der Waals surface area contributed by atoms with Gasteiger partial charge < -0.3 is 10.1 Å². The lowest BCUT2D eigenvalue weighted by molar-refractivity contribution is 0.0600. The Balaban J connectivity index is 2.66. The Labute approximate surface area is 145 Å². The summed E-state index contributed by atoms with van der Waals surface area (Å²) in [7, 11) is 1.30. The van der Waals surface area contributed by atoms with Crippen LogP contribution in [0.1, 0.15) is 78.7 Å². The Morgan fingerprint density at radius 1 is 1.17 bits per heavy atom. The number of nitrogens with one attached hydrogen (secondary N) is 1. The first-order chi connectivity index (χ1) is 11.5.